The van der Waals surface area contributed by atoms with Gasteiger partial charge in [0, 0.05) is 18.2 Å². The number of rotatable bonds is 8. The van der Waals surface area contributed by atoms with Crippen molar-refractivity contribution in [3.05, 3.63) is 34.9 Å². The van der Waals surface area contributed by atoms with Gasteiger partial charge in [-0.2, -0.15) is 0 Å². The predicted molar refractivity (Wildman–Crippen MR) is 73.3 cm³/mol. The standard InChI is InChI=1S/C12H18ClNO3S/c13-12-5-3-11(4-6-12)7-8-14-18(16,17)10-2-1-9-15/h3-6,14-15H,1-2,7-10H2. The molecule has 1 aromatic carbocycles. The second kappa shape index (κ2) is 7.74. The molecule has 0 aliphatic heterocycles. The van der Waals surface area contributed by atoms with E-state index in [0.29, 0.717) is 30.8 Å². The van der Waals surface area contributed by atoms with Crippen LogP contribution in [0.1, 0.15) is 18.4 Å². The quantitative estimate of drug-likeness (QED) is 0.715. The van der Waals surface area contributed by atoms with Crippen LogP contribution < -0.4 is 4.72 Å². The number of hydrogen-bond acceptors (Lipinski definition) is 3. The van der Waals surface area contributed by atoms with Crippen LogP contribution in [0.3, 0.4) is 0 Å². The van der Waals surface area contributed by atoms with Crippen LogP contribution in [-0.4, -0.2) is 32.4 Å². The largest absolute Gasteiger partial charge is 0.396 e. The van der Waals surface area contributed by atoms with E-state index in [-0.39, 0.29) is 12.4 Å². The van der Waals surface area contributed by atoms with E-state index in [1.54, 1.807) is 12.1 Å². The molecule has 0 bridgehead atoms. The first-order chi connectivity index (χ1) is 8.53. The Kier molecular flexibility index (Phi) is 6.63. The molecule has 0 aromatic heterocycles. The maximum absolute atomic E-state index is 11.5. The fourth-order valence-corrected chi connectivity index (χ4v) is 2.75. The summed E-state index contributed by atoms with van der Waals surface area (Å²) in [7, 11) is -3.22. The topological polar surface area (TPSA) is 66.4 Å². The van der Waals surface area contributed by atoms with Crippen molar-refractivity contribution in [1.82, 2.24) is 4.72 Å². The van der Waals surface area contributed by atoms with Gasteiger partial charge in [0.1, 0.15) is 0 Å². The Morgan fingerprint density at radius 3 is 2.44 bits per heavy atom. The van der Waals surface area contributed by atoms with E-state index in [1.165, 1.54) is 0 Å². The zero-order valence-electron chi connectivity index (χ0n) is 10.1. The van der Waals surface area contributed by atoms with Crippen LogP contribution in [0.25, 0.3) is 0 Å². The molecule has 0 amide bonds. The molecule has 0 spiro atoms. The number of sulfonamides is 1. The first-order valence-corrected chi connectivity index (χ1v) is 7.89. The monoisotopic (exact) mass is 291 g/mol. The van der Waals surface area contributed by atoms with Gasteiger partial charge in [-0.1, -0.05) is 23.7 Å². The van der Waals surface area contributed by atoms with Crippen molar-refractivity contribution in [2.24, 2.45) is 0 Å². The van der Waals surface area contributed by atoms with Gasteiger partial charge in [-0.05, 0) is 37.0 Å². The maximum Gasteiger partial charge on any atom is 0.211 e. The second-order valence-corrected chi connectivity index (χ2v) is 6.38. The lowest BCUT2D eigenvalue weighted by molar-refractivity contribution is 0.287. The molecule has 6 heteroatoms. The highest BCUT2D eigenvalue weighted by Crippen LogP contribution is 2.09. The van der Waals surface area contributed by atoms with Crippen LogP contribution in [-0.2, 0) is 16.4 Å². The van der Waals surface area contributed by atoms with Crippen molar-refractivity contribution in [2.45, 2.75) is 19.3 Å². The zero-order chi connectivity index (χ0) is 13.4. The van der Waals surface area contributed by atoms with Gasteiger partial charge in [-0.25, -0.2) is 13.1 Å². The van der Waals surface area contributed by atoms with E-state index >= 15 is 0 Å². The minimum atomic E-state index is -3.22. The Labute approximate surface area is 113 Å². The van der Waals surface area contributed by atoms with Crippen LogP contribution >= 0.6 is 11.6 Å². The van der Waals surface area contributed by atoms with Gasteiger partial charge in [0.15, 0.2) is 0 Å². The van der Waals surface area contributed by atoms with Gasteiger partial charge in [-0.15, -0.1) is 0 Å². The molecule has 18 heavy (non-hydrogen) atoms. The van der Waals surface area contributed by atoms with Gasteiger partial charge in [-0.3, -0.25) is 0 Å². The molecule has 0 heterocycles. The molecule has 102 valence electrons. The van der Waals surface area contributed by atoms with Crippen LogP contribution in [0.15, 0.2) is 24.3 Å². The van der Waals surface area contributed by atoms with Crippen molar-refractivity contribution in [3.8, 4) is 0 Å². The van der Waals surface area contributed by atoms with E-state index in [4.69, 9.17) is 16.7 Å². The highest BCUT2D eigenvalue weighted by atomic mass is 35.5. The van der Waals surface area contributed by atoms with Gasteiger partial charge < -0.3 is 5.11 Å². The Bertz CT molecular complexity index is 445. The molecule has 0 fully saturated rings. The van der Waals surface area contributed by atoms with Gasteiger partial charge >= 0.3 is 0 Å². The van der Waals surface area contributed by atoms with Crippen LogP contribution in [0.5, 0.6) is 0 Å². The van der Waals surface area contributed by atoms with Crippen molar-refractivity contribution in [1.29, 1.82) is 0 Å². The molecule has 1 rings (SSSR count). The van der Waals surface area contributed by atoms with Gasteiger partial charge in [0.2, 0.25) is 10.0 Å². The predicted octanol–water partition coefficient (Wildman–Crippen LogP) is 1.57. The smallest absolute Gasteiger partial charge is 0.211 e. The lowest BCUT2D eigenvalue weighted by Gasteiger charge is -2.06. The molecular weight excluding hydrogens is 274 g/mol. The minimum Gasteiger partial charge on any atom is -0.396 e. The second-order valence-electron chi connectivity index (χ2n) is 4.02. The highest BCUT2D eigenvalue weighted by molar-refractivity contribution is 7.89. The third-order valence-corrected chi connectivity index (χ3v) is 4.19. The third-order valence-electron chi connectivity index (χ3n) is 2.47. The molecular formula is C12H18ClNO3S. The average molecular weight is 292 g/mol. The molecule has 0 saturated heterocycles. The summed E-state index contributed by atoms with van der Waals surface area (Å²) in [5.74, 6) is 0.0637. The highest BCUT2D eigenvalue weighted by Gasteiger charge is 2.08. The maximum atomic E-state index is 11.5. The van der Waals surface area contributed by atoms with Crippen LogP contribution in [0, 0.1) is 0 Å². The number of halogens is 1. The zero-order valence-corrected chi connectivity index (χ0v) is 11.7. The Hall–Kier alpha value is -0.620. The molecule has 0 saturated carbocycles. The number of nitrogens with one attached hydrogen (secondary N) is 1. The summed E-state index contributed by atoms with van der Waals surface area (Å²) in [6.45, 7) is 0.406. The summed E-state index contributed by atoms with van der Waals surface area (Å²) in [5, 5.41) is 9.25. The molecule has 0 aliphatic carbocycles. The molecule has 1 aromatic rings. The SMILES string of the molecule is O=S(=O)(CCCCO)NCCc1ccc(Cl)cc1. The first-order valence-electron chi connectivity index (χ1n) is 5.86. The van der Waals surface area contributed by atoms with Crippen LogP contribution in [0.4, 0.5) is 0 Å². The fraction of sp³-hybridized carbons (Fsp3) is 0.500. The van der Waals surface area contributed by atoms with E-state index in [1.807, 2.05) is 12.1 Å². The number of aliphatic hydroxyl groups is 1. The molecule has 4 nitrogen and oxygen atoms in total. The molecule has 0 radical (unpaired) electrons. The van der Waals surface area contributed by atoms with Crippen molar-refractivity contribution in [3.63, 3.8) is 0 Å². The normalized spacial score (nSPS) is 11.7. The summed E-state index contributed by atoms with van der Waals surface area (Å²) < 4.78 is 25.6. The number of aliphatic hydroxyl groups excluding tert-OH is 1. The summed E-state index contributed by atoms with van der Waals surface area (Å²) >= 11 is 5.76. The molecule has 0 unspecified atom stereocenters. The summed E-state index contributed by atoms with van der Waals surface area (Å²) in [6.07, 6.45) is 1.63. The minimum absolute atomic E-state index is 0.0281. The average Bonchev–Trinajstić information content (AvgIpc) is 2.32. The van der Waals surface area contributed by atoms with Gasteiger partial charge in [0.05, 0.1) is 5.75 Å². The Balaban J connectivity index is 2.30. The number of hydrogen-bond donors (Lipinski definition) is 2. The van der Waals surface area contributed by atoms with Crippen molar-refractivity contribution in [2.75, 3.05) is 18.9 Å². The van der Waals surface area contributed by atoms with Gasteiger partial charge in [0.25, 0.3) is 0 Å². The Morgan fingerprint density at radius 2 is 1.83 bits per heavy atom. The van der Waals surface area contributed by atoms with E-state index in [9.17, 15) is 8.42 Å². The van der Waals surface area contributed by atoms with E-state index in [2.05, 4.69) is 4.72 Å². The fourth-order valence-electron chi connectivity index (χ4n) is 1.48. The number of unbranched alkanes of at least 4 members (excludes halogenated alkanes) is 1. The summed E-state index contributed by atoms with van der Waals surface area (Å²) in [6, 6.07) is 7.32. The molecule has 0 aliphatic rings. The number of benzene rings is 1. The van der Waals surface area contributed by atoms with Crippen LogP contribution in [0.2, 0.25) is 5.02 Å². The van der Waals surface area contributed by atoms with Crippen molar-refractivity contribution < 1.29 is 13.5 Å². The van der Waals surface area contributed by atoms with E-state index in [0.717, 1.165) is 5.56 Å². The van der Waals surface area contributed by atoms with E-state index < -0.39 is 10.0 Å². The first kappa shape index (κ1) is 15.4. The summed E-state index contributed by atoms with van der Waals surface area (Å²) in [5.41, 5.74) is 1.04. The summed E-state index contributed by atoms with van der Waals surface area (Å²) in [4.78, 5) is 0. The van der Waals surface area contributed by atoms with Crippen molar-refractivity contribution >= 4 is 21.6 Å². The Morgan fingerprint density at radius 1 is 1.17 bits per heavy atom. The molecule has 0 atom stereocenters. The molecule has 2 N–H and O–H groups in total. The third kappa shape index (κ3) is 6.35. The lowest BCUT2D eigenvalue weighted by atomic mass is 10.2. The lowest BCUT2D eigenvalue weighted by Crippen LogP contribution is -2.28.